The van der Waals surface area contributed by atoms with Gasteiger partial charge in [-0.25, -0.2) is 14.4 Å². The van der Waals surface area contributed by atoms with Crippen molar-refractivity contribution in [3.05, 3.63) is 35.9 Å². The third-order valence-electron chi connectivity index (χ3n) is 2.63. The number of hydrogen-bond donors (Lipinski definition) is 2. The molecule has 8 nitrogen and oxygen atoms in total. The van der Waals surface area contributed by atoms with E-state index in [1.54, 1.807) is 31.2 Å². The Kier molecular flexibility index (Phi) is 8.34. The van der Waals surface area contributed by atoms with Gasteiger partial charge in [0.05, 0.1) is 6.61 Å². The molecule has 1 atom stereocenters. The van der Waals surface area contributed by atoms with Crippen LogP contribution in [0, 0.1) is 0 Å². The molecule has 0 aliphatic heterocycles. The molecule has 0 saturated carbocycles. The Hall–Kier alpha value is -2.55. The lowest BCUT2D eigenvalue weighted by atomic mass is 10.2. The van der Waals surface area contributed by atoms with E-state index in [-0.39, 0.29) is 19.0 Å². The summed E-state index contributed by atoms with van der Waals surface area (Å²) < 4.78 is 9.40. The zero-order chi connectivity index (χ0) is 17.9. The highest BCUT2D eigenvalue weighted by Crippen LogP contribution is 2.07. The second-order valence-electron chi connectivity index (χ2n) is 4.42. The van der Waals surface area contributed by atoms with Crippen molar-refractivity contribution in [2.75, 3.05) is 12.4 Å². The van der Waals surface area contributed by atoms with Crippen molar-refractivity contribution in [2.45, 2.75) is 19.6 Å². The molecular formula is C15H17NO7S. The van der Waals surface area contributed by atoms with E-state index in [9.17, 15) is 19.2 Å². The number of carboxylic acids is 1. The van der Waals surface area contributed by atoms with Crippen molar-refractivity contribution in [1.29, 1.82) is 0 Å². The van der Waals surface area contributed by atoms with Gasteiger partial charge in [0.1, 0.15) is 12.6 Å². The van der Waals surface area contributed by atoms with Crippen LogP contribution < -0.4 is 5.32 Å². The summed E-state index contributed by atoms with van der Waals surface area (Å²) in [5, 5.41) is 10.3. The number of esters is 1. The van der Waals surface area contributed by atoms with E-state index in [1.807, 2.05) is 6.07 Å². The van der Waals surface area contributed by atoms with Gasteiger partial charge in [-0.05, 0) is 12.5 Å². The molecule has 1 amide bonds. The first kappa shape index (κ1) is 19.5. The third-order valence-corrected chi connectivity index (χ3v) is 3.55. The summed E-state index contributed by atoms with van der Waals surface area (Å²) in [6, 6.07) is 7.47. The van der Waals surface area contributed by atoms with E-state index in [1.165, 1.54) is 0 Å². The van der Waals surface area contributed by atoms with Crippen LogP contribution in [0.15, 0.2) is 30.3 Å². The van der Waals surface area contributed by atoms with Gasteiger partial charge in [-0.15, -0.1) is 0 Å². The molecule has 0 saturated heterocycles. The smallest absolute Gasteiger partial charge is 0.408 e. The van der Waals surface area contributed by atoms with E-state index in [4.69, 9.17) is 9.84 Å². The van der Waals surface area contributed by atoms with Crippen LogP contribution in [0.2, 0.25) is 0 Å². The molecule has 2 N–H and O–H groups in total. The van der Waals surface area contributed by atoms with E-state index >= 15 is 0 Å². The SMILES string of the molecule is CCOC(=O)C(=O)SC[C@H](NC(=O)OCc1ccccc1)C(=O)O. The Bertz CT molecular complexity index is 591. The number of carboxylic acid groups (broad SMARTS) is 1. The molecule has 0 fully saturated rings. The summed E-state index contributed by atoms with van der Waals surface area (Å²) in [7, 11) is 0. The lowest BCUT2D eigenvalue weighted by molar-refractivity contribution is -0.149. The average Bonchev–Trinajstić information content (AvgIpc) is 2.57. The normalized spacial score (nSPS) is 11.2. The molecule has 0 aliphatic carbocycles. The maximum absolute atomic E-state index is 11.6. The first-order valence-corrected chi connectivity index (χ1v) is 7.96. The van der Waals surface area contributed by atoms with Gasteiger partial charge in [0.2, 0.25) is 0 Å². The van der Waals surface area contributed by atoms with Crippen molar-refractivity contribution < 1.29 is 33.8 Å². The highest BCUT2D eigenvalue weighted by molar-refractivity contribution is 8.15. The summed E-state index contributed by atoms with van der Waals surface area (Å²) in [6.45, 7) is 1.56. The summed E-state index contributed by atoms with van der Waals surface area (Å²) in [6.07, 6.45) is -0.935. The van der Waals surface area contributed by atoms with Gasteiger partial charge in [-0.1, -0.05) is 42.1 Å². The lowest BCUT2D eigenvalue weighted by Gasteiger charge is -2.13. The van der Waals surface area contributed by atoms with Crippen molar-refractivity contribution in [3.8, 4) is 0 Å². The van der Waals surface area contributed by atoms with Gasteiger partial charge >= 0.3 is 18.0 Å². The van der Waals surface area contributed by atoms with Gasteiger partial charge in [0, 0.05) is 5.75 Å². The molecule has 0 heterocycles. The van der Waals surface area contributed by atoms with Crippen LogP contribution in [0.5, 0.6) is 0 Å². The maximum atomic E-state index is 11.6. The molecule has 9 heteroatoms. The predicted molar refractivity (Wildman–Crippen MR) is 85.3 cm³/mol. The van der Waals surface area contributed by atoms with Crippen LogP contribution in [-0.2, 0) is 30.5 Å². The maximum Gasteiger partial charge on any atom is 0.408 e. The summed E-state index contributed by atoms with van der Waals surface area (Å²) in [5.41, 5.74) is 0.742. The largest absolute Gasteiger partial charge is 0.480 e. The minimum Gasteiger partial charge on any atom is -0.480 e. The number of alkyl carbamates (subject to hydrolysis) is 1. The Morgan fingerprint density at radius 1 is 1.17 bits per heavy atom. The summed E-state index contributed by atoms with van der Waals surface area (Å²) in [5.74, 6) is -2.73. The number of rotatable bonds is 7. The second-order valence-corrected chi connectivity index (χ2v) is 5.41. The van der Waals surface area contributed by atoms with E-state index < -0.39 is 29.2 Å². The van der Waals surface area contributed by atoms with Crippen LogP contribution in [0.3, 0.4) is 0 Å². The van der Waals surface area contributed by atoms with Gasteiger partial charge in [-0.3, -0.25) is 4.79 Å². The van der Waals surface area contributed by atoms with Crippen LogP contribution in [0.25, 0.3) is 0 Å². The highest BCUT2D eigenvalue weighted by atomic mass is 32.2. The number of nitrogens with one attached hydrogen (secondary N) is 1. The monoisotopic (exact) mass is 355 g/mol. The van der Waals surface area contributed by atoms with E-state index in [0.717, 1.165) is 5.56 Å². The topological polar surface area (TPSA) is 119 Å². The molecule has 130 valence electrons. The molecule has 0 unspecified atom stereocenters. The molecule has 0 bridgehead atoms. The summed E-state index contributed by atoms with van der Waals surface area (Å²) in [4.78, 5) is 45.3. The van der Waals surface area contributed by atoms with Crippen molar-refractivity contribution in [1.82, 2.24) is 5.32 Å². The molecule has 0 aliphatic rings. The lowest BCUT2D eigenvalue weighted by Crippen LogP contribution is -2.43. The second kappa shape index (κ2) is 10.3. The van der Waals surface area contributed by atoms with Crippen molar-refractivity contribution in [3.63, 3.8) is 0 Å². The number of ether oxygens (including phenoxy) is 2. The quantitative estimate of drug-likeness (QED) is 0.553. The number of thioether (sulfide) groups is 1. The zero-order valence-electron chi connectivity index (χ0n) is 12.9. The van der Waals surface area contributed by atoms with Gasteiger partial charge in [0.25, 0.3) is 5.12 Å². The number of hydrogen-bond acceptors (Lipinski definition) is 7. The number of amides is 1. The molecular weight excluding hydrogens is 338 g/mol. The molecule has 0 spiro atoms. The minimum atomic E-state index is -1.38. The molecule has 0 aromatic heterocycles. The Balaban J connectivity index is 2.44. The van der Waals surface area contributed by atoms with E-state index in [2.05, 4.69) is 10.1 Å². The van der Waals surface area contributed by atoms with E-state index in [0.29, 0.717) is 11.8 Å². The van der Waals surface area contributed by atoms with Crippen LogP contribution in [0.1, 0.15) is 12.5 Å². The van der Waals surface area contributed by atoms with Gasteiger partial charge < -0.3 is 19.9 Å². The van der Waals surface area contributed by atoms with Crippen molar-refractivity contribution >= 4 is 34.9 Å². The predicted octanol–water partition coefficient (Wildman–Crippen LogP) is 1.19. The first-order valence-electron chi connectivity index (χ1n) is 6.98. The summed E-state index contributed by atoms with van der Waals surface area (Å²) >= 11 is 0.453. The first-order chi connectivity index (χ1) is 11.4. The molecule has 1 rings (SSSR count). The molecule has 24 heavy (non-hydrogen) atoms. The number of carbonyl (C=O) groups excluding carboxylic acids is 3. The average molecular weight is 355 g/mol. The molecule has 1 aromatic rings. The fraction of sp³-hybridized carbons (Fsp3) is 0.333. The third kappa shape index (κ3) is 7.14. The van der Waals surface area contributed by atoms with Crippen molar-refractivity contribution in [2.24, 2.45) is 0 Å². The molecule has 1 aromatic carbocycles. The fourth-order valence-electron chi connectivity index (χ4n) is 1.49. The van der Waals surface area contributed by atoms with Gasteiger partial charge in [-0.2, -0.15) is 0 Å². The number of carbonyl (C=O) groups is 4. The molecule has 0 radical (unpaired) electrons. The number of aliphatic carboxylic acids is 1. The van der Waals surface area contributed by atoms with Crippen LogP contribution in [0.4, 0.5) is 4.79 Å². The Labute approximate surface area is 142 Å². The standard InChI is InChI=1S/C15H17NO7S/c1-2-22-13(19)14(20)24-9-11(12(17)18)16-15(21)23-8-10-6-4-3-5-7-10/h3-7,11H,2,8-9H2,1H3,(H,16,21)(H,17,18)/t11-/m0/s1. The van der Waals surface area contributed by atoms with Crippen LogP contribution >= 0.6 is 11.8 Å². The highest BCUT2D eigenvalue weighted by Gasteiger charge is 2.24. The number of benzene rings is 1. The fourth-order valence-corrected chi connectivity index (χ4v) is 2.21. The minimum absolute atomic E-state index is 0.0199. The zero-order valence-corrected chi connectivity index (χ0v) is 13.7. The van der Waals surface area contributed by atoms with Crippen LogP contribution in [-0.4, -0.2) is 46.7 Å². The van der Waals surface area contributed by atoms with Gasteiger partial charge in [0.15, 0.2) is 0 Å². The Morgan fingerprint density at radius 2 is 1.83 bits per heavy atom. The Morgan fingerprint density at radius 3 is 2.42 bits per heavy atom.